The van der Waals surface area contributed by atoms with Crippen molar-refractivity contribution < 1.29 is 0 Å². The lowest BCUT2D eigenvalue weighted by atomic mass is 9.98. The normalized spacial score (nSPS) is 26.2. The maximum Gasteiger partial charge on any atom is 0.0110 e. The summed E-state index contributed by atoms with van der Waals surface area (Å²) >= 11 is 0. The van der Waals surface area contributed by atoms with Crippen molar-refractivity contribution in [1.82, 2.24) is 10.2 Å². The SMILES string of the molecule is CC(CC1CCCC1)N1CCNCC1.Cl. The Balaban J connectivity index is 0.00000112. The van der Waals surface area contributed by atoms with Crippen LogP contribution in [0, 0.1) is 5.92 Å². The number of nitrogens with one attached hydrogen (secondary N) is 1. The molecule has 1 saturated carbocycles. The zero-order chi connectivity index (χ0) is 9.80. The first kappa shape index (κ1) is 13.3. The Morgan fingerprint density at radius 1 is 1.20 bits per heavy atom. The van der Waals surface area contributed by atoms with E-state index in [9.17, 15) is 0 Å². The van der Waals surface area contributed by atoms with Crippen molar-refractivity contribution in [3.8, 4) is 0 Å². The first-order chi connectivity index (χ1) is 6.86. The monoisotopic (exact) mass is 232 g/mol. The van der Waals surface area contributed by atoms with Gasteiger partial charge in [0, 0.05) is 32.2 Å². The molecule has 1 atom stereocenters. The predicted octanol–water partition coefficient (Wildman–Crippen LogP) is 2.28. The van der Waals surface area contributed by atoms with Crippen molar-refractivity contribution in [2.24, 2.45) is 5.92 Å². The summed E-state index contributed by atoms with van der Waals surface area (Å²) in [6.07, 6.45) is 7.41. The number of rotatable bonds is 3. The molecule has 0 spiro atoms. The minimum absolute atomic E-state index is 0. The van der Waals surface area contributed by atoms with Gasteiger partial charge in [0.15, 0.2) is 0 Å². The molecular weight excluding hydrogens is 208 g/mol. The van der Waals surface area contributed by atoms with Crippen molar-refractivity contribution in [1.29, 1.82) is 0 Å². The Hall–Kier alpha value is 0.210. The highest BCUT2D eigenvalue weighted by molar-refractivity contribution is 5.85. The number of hydrogen-bond donors (Lipinski definition) is 1. The molecule has 0 aromatic heterocycles. The Morgan fingerprint density at radius 3 is 2.40 bits per heavy atom. The van der Waals surface area contributed by atoms with E-state index in [0.29, 0.717) is 0 Å². The molecule has 1 saturated heterocycles. The molecule has 90 valence electrons. The zero-order valence-electron chi connectivity index (χ0n) is 9.87. The third kappa shape index (κ3) is 3.93. The molecule has 1 unspecified atom stereocenters. The van der Waals surface area contributed by atoms with Gasteiger partial charge in [-0.15, -0.1) is 12.4 Å². The Labute approximate surface area is 100 Å². The lowest BCUT2D eigenvalue weighted by Crippen LogP contribution is -2.47. The van der Waals surface area contributed by atoms with Crippen molar-refractivity contribution >= 4 is 12.4 Å². The maximum absolute atomic E-state index is 3.42. The van der Waals surface area contributed by atoms with Gasteiger partial charge in [-0.2, -0.15) is 0 Å². The van der Waals surface area contributed by atoms with Crippen LogP contribution in [0.4, 0.5) is 0 Å². The summed E-state index contributed by atoms with van der Waals surface area (Å²) in [5, 5.41) is 3.42. The summed E-state index contributed by atoms with van der Waals surface area (Å²) in [7, 11) is 0. The molecule has 15 heavy (non-hydrogen) atoms. The van der Waals surface area contributed by atoms with Gasteiger partial charge in [-0.05, 0) is 19.3 Å². The zero-order valence-corrected chi connectivity index (χ0v) is 10.7. The molecule has 1 heterocycles. The van der Waals surface area contributed by atoms with E-state index in [-0.39, 0.29) is 12.4 Å². The highest BCUT2D eigenvalue weighted by Crippen LogP contribution is 2.29. The van der Waals surface area contributed by atoms with E-state index in [2.05, 4.69) is 17.1 Å². The quantitative estimate of drug-likeness (QED) is 0.804. The van der Waals surface area contributed by atoms with Crippen molar-refractivity contribution in [2.75, 3.05) is 26.2 Å². The van der Waals surface area contributed by atoms with Gasteiger partial charge < -0.3 is 5.32 Å². The summed E-state index contributed by atoms with van der Waals surface area (Å²) in [5.41, 5.74) is 0. The van der Waals surface area contributed by atoms with Crippen LogP contribution in [-0.2, 0) is 0 Å². The van der Waals surface area contributed by atoms with Crippen LogP contribution in [0.5, 0.6) is 0 Å². The van der Waals surface area contributed by atoms with E-state index in [0.717, 1.165) is 12.0 Å². The van der Waals surface area contributed by atoms with Crippen LogP contribution >= 0.6 is 12.4 Å². The van der Waals surface area contributed by atoms with Gasteiger partial charge in [-0.3, -0.25) is 4.90 Å². The van der Waals surface area contributed by atoms with Crippen LogP contribution in [0.3, 0.4) is 0 Å². The standard InChI is InChI=1S/C12H24N2.ClH/c1-11(10-12-4-2-3-5-12)14-8-6-13-7-9-14;/h11-13H,2-10H2,1H3;1H. The third-order valence-electron chi connectivity index (χ3n) is 3.92. The summed E-state index contributed by atoms with van der Waals surface area (Å²) in [6, 6.07) is 0.820. The van der Waals surface area contributed by atoms with Crippen LogP contribution in [0.25, 0.3) is 0 Å². The molecular formula is C12H25ClN2. The summed E-state index contributed by atoms with van der Waals surface area (Å²) in [6.45, 7) is 7.31. The smallest absolute Gasteiger partial charge is 0.0110 e. The lowest BCUT2D eigenvalue weighted by Gasteiger charge is -2.34. The minimum atomic E-state index is 0. The van der Waals surface area contributed by atoms with Crippen molar-refractivity contribution in [3.05, 3.63) is 0 Å². The highest BCUT2D eigenvalue weighted by atomic mass is 35.5. The van der Waals surface area contributed by atoms with E-state index in [4.69, 9.17) is 0 Å². The molecule has 0 aromatic rings. The van der Waals surface area contributed by atoms with Crippen molar-refractivity contribution in [2.45, 2.75) is 45.1 Å². The van der Waals surface area contributed by atoms with Crippen LogP contribution in [0.15, 0.2) is 0 Å². The van der Waals surface area contributed by atoms with Gasteiger partial charge in [0.1, 0.15) is 0 Å². The minimum Gasteiger partial charge on any atom is -0.314 e. The largest absolute Gasteiger partial charge is 0.314 e. The molecule has 1 aliphatic carbocycles. The molecule has 2 rings (SSSR count). The van der Waals surface area contributed by atoms with E-state index in [1.165, 1.54) is 58.3 Å². The topological polar surface area (TPSA) is 15.3 Å². The van der Waals surface area contributed by atoms with Gasteiger partial charge in [0.05, 0.1) is 0 Å². The van der Waals surface area contributed by atoms with E-state index >= 15 is 0 Å². The number of hydrogen-bond acceptors (Lipinski definition) is 2. The fourth-order valence-electron chi connectivity index (χ4n) is 3.00. The highest BCUT2D eigenvalue weighted by Gasteiger charge is 2.22. The molecule has 2 nitrogen and oxygen atoms in total. The lowest BCUT2D eigenvalue weighted by molar-refractivity contribution is 0.161. The molecule has 0 bridgehead atoms. The van der Waals surface area contributed by atoms with Crippen LogP contribution < -0.4 is 5.32 Å². The second kappa shape index (κ2) is 6.72. The Kier molecular flexibility index (Phi) is 5.95. The number of halogens is 1. The molecule has 2 aliphatic rings. The average molecular weight is 233 g/mol. The second-order valence-electron chi connectivity index (χ2n) is 5.02. The van der Waals surface area contributed by atoms with Gasteiger partial charge in [0.25, 0.3) is 0 Å². The first-order valence-electron chi connectivity index (χ1n) is 6.31. The predicted molar refractivity (Wildman–Crippen MR) is 67.7 cm³/mol. The second-order valence-corrected chi connectivity index (χ2v) is 5.02. The third-order valence-corrected chi connectivity index (χ3v) is 3.92. The van der Waals surface area contributed by atoms with Gasteiger partial charge in [-0.1, -0.05) is 25.7 Å². The first-order valence-corrected chi connectivity index (χ1v) is 6.31. The average Bonchev–Trinajstić information content (AvgIpc) is 2.72. The summed E-state index contributed by atoms with van der Waals surface area (Å²) in [5.74, 6) is 1.04. The Morgan fingerprint density at radius 2 is 1.80 bits per heavy atom. The maximum atomic E-state index is 3.42. The fourth-order valence-corrected chi connectivity index (χ4v) is 3.00. The van der Waals surface area contributed by atoms with Gasteiger partial charge >= 0.3 is 0 Å². The summed E-state index contributed by atoms with van der Waals surface area (Å²) < 4.78 is 0. The molecule has 1 N–H and O–H groups in total. The molecule has 3 heteroatoms. The van der Waals surface area contributed by atoms with Gasteiger partial charge in [-0.25, -0.2) is 0 Å². The Bertz CT molecular complexity index is 163. The van der Waals surface area contributed by atoms with Crippen LogP contribution in [-0.4, -0.2) is 37.1 Å². The van der Waals surface area contributed by atoms with Crippen molar-refractivity contribution in [3.63, 3.8) is 0 Å². The van der Waals surface area contributed by atoms with E-state index in [1.807, 2.05) is 0 Å². The van der Waals surface area contributed by atoms with Gasteiger partial charge in [0.2, 0.25) is 0 Å². The van der Waals surface area contributed by atoms with E-state index < -0.39 is 0 Å². The number of nitrogens with zero attached hydrogens (tertiary/aromatic N) is 1. The molecule has 0 amide bonds. The molecule has 1 aliphatic heterocycles. The molecule has 0 radical (unpaired) electrons. The fraction of sp³-hybridized carbons (Fsp3) is 1.00. The molecule has 2 fully saturated rings. The van der Waals surface area contributed by atoms with Crippen LogP contribution in [0.1, 0.15) is 39.0 Å². The number of piperazine rings is 1. The van der Waals surface area contributed by atoms with Crippen LogP contribution in [0.2, 0.25) is 0 Å². The van der Waals surface area contributed by atoms with E-state index in [1.54, 1.807) is 0 Å². The molecule has 0 aromatic carbocycles. The summed E-state index contributed by atoms with van der Waals surface area (Å²) in [4.78, 5) is 2.66.